The van der Waals surface area contributed by atoms with Gasteiger partial charge in [-0.15, -0.1) is 0 Å². The van der Waals surface area contributed by atoms with Gasteiger partial charge in [0.15, 0.2) is 0 Å². The maximum atomic E-state index is 9.09. The van der Waals surface area contributed by atoms with Crippen LogP contribution in [0.15, 0.2) is 30.3 Å². The van der Waals surface area contributed by atoms with E-state index in [-0.39, 0.29) is 6.61 Å². The van der Waals surface area contributed by atoms with Crippen molar-refractivity contribution in [2.75, 3.05) is 45.7 Å². The molecular weight excluding hydrogens is 246 g/mol. The molecule has 0 spiro atoms. The molecule has 0 heterocycles. The lowest BCUT2D eigenvalue weighted by Gasteiger charge is -2.26. The molecule has 0 aliphatic rings. The van der Waals surface area contributed by atoms with E-state index in [0.717, 1.165) is 18.8 Å². The zero-order chi connectivity index (χ0) is 13.2. The highest BCUT2D eigenvalue weighted by Crippen LogP contribution is 2.18. The van der Waals surface area contributed by atoms with Gasteiger partial charge in [0.05, 0.1) is 13.2 Å². The van der Waals surface area contributed by atoms with Gasteiger partial charge in [0.25, 0.3) is 0 Å². The van der Waals surface area contributed by atoms with Gasteiger partial charge >= 0.3 is 0 Å². The van der Waals surface area contributed by atoms with Gasteiger partial charge in [-0.05, 0) is 11.3 Å². The molecule has 0 aromatic heterocycles. The molecule has 0 saturated heterocycles. The van der Waals surface area contributed by atoms with Crippen LogP contribution in [0.4, 0.5) is 0 Å². The average Bonchev–Trinajstić information content (AvgIpc) is 2.43. The van der Waals surface area contributed by atoms with E-state index in [1.165, 1.54) is 5.56 Å². The molecule has 0 saturated carbocycles. The highest BCUT2D eigenvalue weighted by Gasteiger charge is 2.14. The molecular formula is C14H23NO2S. The minimum Gasteiger partial charge on any atom is -0.395 e. The van der Waals surface area contributed by atoms with Crippen molar-refractivity contribution in [2.45, 2.75) is 5.92 Å². The van der Waals surface area contributed by atoms with Crippen molar-refractivity contribution in [3.05, 3.63) is 35.9 Å². The summed E-state index contributed by atoms with van der Waals surface area (Å²) in [5.41, 5.74) is 1.30. The fourth-order valence-electron chi connectivity index (χ4n) is 1.96. The number of ether oxygens (including phenoxy) is 1. The van der Waals surface area contributed by atoms with Crippen molar-refractivity contribution in [3.8, 4) is 0 Å². The van der Waals surface area contributed by atoms with Crippen LogP contribution < -0.4 is 0 Å². The Labute approximate surface area is 115 Å². The zero-order valence-corrected chi connectivity index (χ0v) is 11.9. The summed E-state index contributed by atoms with van der Waals surface area (Å²) in [5, 5.41) is 9.09. The molecule has 1 aromatic carbocycles. The third-order valence-corrected chi connectivity index (χ3v) is 3.44. The predicted molar refractivity (Wildman–Crippen MR) is 78.4 cm³/mol. The zero-order valence-electron chi connectivity index (χ0n) is 11.0. The third kappa shape index (κ3) is 5.40. The Kier molecular flexibility index (Phi) is 8.09. The molecule has 1 N–H and O–H groups in total. The highest BCUT2D eigenvalue weighted by atomic mass is 32.1. The standard InChI is InChI=1S/C14H23NO2S/c1-17-10-8-15(7-9-16)11-14(12-18)13-5-3-2-4-6-13/h2-6,14,16,18H,7-12H2,1H3. The van der Waals surface area contributed by atoms with E-state index >= 15 is 0 Å². The number of thiol groups is 1. The van der Waals surface area contributed by atoms with Gasteiger partial charge in [-0.3, -0.25) is 4.90 Å². The Morgan fingerprint density at radius 2 is 2.00 bits per heavy atom. The Hall–Kier alpha value is -0.550. The van der Waals surface area contributed by atoms with Crippen LogP contribution in [0.1, 0.15) is 11.5 Å². The summed E-state index contributed by atoms with van der Waals surface area (Å²) < 4.78 is 5.10. The van der Waals surface area contributed by atoms with E-state index in [0.29, 0.717) is 19.1 Å². The second kappa shape index (κ2) is 9.39. The number of methoxy groups -OCH3 is 1. The summed E-state index contributed by atoms with van der Waals surface area (Å²) in [6, 6.07) is 10.4. The Balaban J connectivity index is 2.58. The average molecular weight is 269 g/mol. The molecule has 1 rings (SSSR count). The molecule has 0 bridgehead atoms. The first kappa shape index (κ1) is 15.5. The van der Waals surface area contributed by atoms with Gasteiger partial charge in [0.2, 0.25) is 0 Å². The molecule has 1 aromatic rings. The molecule has 4 heteroatoms. The van der Waals surface area contributed by atoms with Gasteiger partial charge in [0, 0.05) is 32.7 Å². The summed E-state index contributed by atoms with van der Waals surface area (Å²) in [5.74, 6) is 1.19. The number of hydrogen-bond acceptors (Lipinski definition) is 4. The van der Waals surface area contributed by atoms with Crippen molar-refractivity contribution < 1.29 is 9.84 Å². The van der Waals surface area contributed by atoms with Crippen molar-refractivity contribution in [3.63, 3.8) is 0 Å². The lowest BCUT2D eigenvalue weighted by atomic mass is 10.0. The molecule has 0 aliphatic heterocycles. The van der Waals surface area contributed by atoms with E-state index in [2.05, 4.69) is 41.8 Å². The minimum absolute atomic E-state index is 0.178. The van der Waals surface area contributed by atoms with Crippen molar-refractivity contribution in [1.82, 2.24) is 4.90 Å². The first-order valence-electron chi connectivity index (χ1n) is 6.29. The SMILES string of the molecule is COCCN(CCO)CC(CS)c1ccccc1. The monoisotopic (exact) mass is 269 g/mol. The van der Waals surface area contributed by atoms with Crippen LogP contribution in [-0.2, 0) is 4.74 Å². The van der Waals surface area contributed by atoms with Gasteiger partial charge in [-0.25, -0.2) is 0 Å². The maximum absolute atomic E-state index is 9.09. The van der Waals surface area contributed by atoms with Crippen molar-refractivity contribution >= 4 is 12.6 Å². The summed E-state index contributed by atoms with van der Waals surface area (Å²) in [6.07, 6.45) is 0. The molecule has 18 heavy (non-hydrogen) atoms. The topological polar surface area (TPSA) is 32.7 Å². The molecule has 1 unspecified atom stereocenters. The number of hydrogen-bond donors (Lipinski definition) is 2. The molecule has 0 aliphatic carbocycles. The van der Waals surface area contributed by atoms with Crippen LogP contribution in [0, 0.1) is 0 Å². The molecule has 102 valence electrons. The number of aliphatic hydroxyl groups excluding tert-OH is 1. The molecule has 1 atom stereocenters. The quantitative estimate of drug-likeness (QED) is 0.669. The molecule has 0 amide bonds. The summed E-state index contributed by atoms with van der Waals surface area (Å²) in [4.78, 5) is 2.22. The fourth-order valence-corrected chi connectivity index (χ4v) is 2.29. The summed E-state index contributed by atoms with van der Waals surface area (Å²) >= 11 is 4.44. The summed E-state index contributed by atoms with van der Waals surface area (Å²) in [7, 11) is 1.70. The third-order valence-electron chi connectivity index (χ3n) is 3.00. The van der Waals surface area contributed by atoms with Crippen LogP contribution in [0.5, 0.6) is 0 Å². The fraction of sp³-hybridized carbons (Fsp3) is 0.571. The van der Waals surface area contributed by atoms with E-state index < -0.39 is 0 Å². The number of benzene rings is 1. The lowest BCUT2D eigenvalue weighted by molar-refractivity contribution is 0.128. The number of rotatable bonds is 9. The predicted octanol–water partition coefficient (Wildman–Crippen LogP) is 1.64. The Morgan fingerprint density at radius 3 is 2.56 bits per heavy atom. The van der Waals surface area contributed by atoms with E-state index in [1.807, 2.05) is 6.07 Å². The lowest BCUT2D eigenvalue weighted by Crippen LogP contribution is -2.34. The second-order valence-corrected chi connectivity index (χ2v) is 4.67. The van der Waals surface area contributed by atoms with Crippen LogP contribution >= 0.6 is 12.6 Å². The minimum atomic E-state index is 0.178. The first-order valence-corrected chi connectivity index (χ1v) is 6.93. The normalized spacial score (nSPS) is 12.9. The molecule has 0 fully saturated rings. The first-order chi connectivity index (χ1) is 8.81. The van der Waals surface area contributed by atoms with E-state index in [9.17, 15) is 0 Å². The van der Waals surface area contributed by atoms with Crippen molar-refractivity contribution in [2.24, 2.45) is 0 Å². The highest BCUT2D eigenvalue weighted by molar-refractivity contribution is 7.80. The van der Waals surface area contributed by atoms with E-state index in [1.54, 1.807) is 7.11 Å². The number of nitrogens with zero attached hydrogens (tertiary/aromatic N) is 1. The van der Waals surface area contributed by atoms with Gasteiger partial charge in [-0.2, -0.15) is 12.6 Å². The Bertz CT molecular complexity index is 308. The largest absolute Gasteiger partial charge is 0.395 e. The molecule has 0 radical (unpaired) electrons. The van der Waals surface area contributed by atoms with Gasteiger partial charge in [0.1, 0.15) is 0 Å². The number of aliphatic hydroxyl groups is 1. The second-order valence-electron chi connectivity index (χ2n) is 4.31. The smallest absolute Gasteiger partial charge is 0.0589 e. The summed E-state index contributed by atoms with van der Waals surface area (Å²) in [6.45, 7) is 3.29. The molecule has 3 nitrogen and oxygen atoms in total. The van der Waals surface area contributed by atoms with Gasteiger partial charge in [-0.1, -0.05) is 30.3 Å². The van der Waals surface area contributed by atoms with Crippen LogP contribution in [0.25, 0.3) is 0 Å². The van der Waals surface area contributed by atoms with Crippen LogP contribution in [-0.4, -0.2) is 55.7 Å². The van der Waals surface area contributed by atoms with E-state index in [4.69, 9.17) is 9.84 Å². The Morgan fingerprint density at radius 1 is 1.28 bits per heavy atom. The van der Waals surface area contributed by atoms with Crippen molar-refractivity contribution in [1.29, 1.82) is 0 Å². The van der Waals surface area contributed by atoms with Crippen LogP contribution in [0.2, 0.25) is 0 Å². The van der Waals surface area contributed by atoms with Gasteiger partial charge < -0.3 is 9.84 Å². The van der Waals surface area contributed by atoms with Crippen LogP contribution in [0.3, 0.4) is 0 Å². The maximum Gasteiger partial charge on any atom is 0.0589 e.